The van der Waals surface area contributed by atoms with Crippen molar-refractivity contribution in [1.29, 1.82) is 5.41 Å². The van der Waals surface area contributed by atoms with Crippen molar-refractivity contribution in [2.24, 2.45) is 5.73 Å². The Morgan fingerprint density at radius 1 is 1.14 bits per heavy atom. The Hall–Kier alpha value is -3.72. The molecule has 1 aromatic heterocycles. The van der Waals surface area contributed by atoms with Crippen LogP contribution in [0.3, 0.4) is 0 Å². The van der Waals surface area contributed by atoms with Gasteiger partial charge in [-0.25, -0.2) is 4.98 Å². The first-order valence-corrected chi connectivity index (χ1v) is 14.4. The largest absolute Gasteiger partial charge is 0.404 e. The number of aromatic nitrogens is 1. The number of piperidine rings is 1. The van der Waals surface area contributed by atoms with E-state index in [-0.39, 0.29) is 5.41 Å². The van der Waals surface area contributed by atoms with Crippen LogP contribution in [0.2, 0.25) is 10.0 Å². The average molecular weight is 610 g/mol. The number of anilines is 1. The average Bonchev–Trinajstić information content (AvgIpc) is 3.26. The number of allylic oxidation sites excluding steroid dienone is 1. The van der Waals surface area contributed by atoms with Gasteiger partial charge in [-0.2, -0.15) is 4.39 Å². The van der Waals surface area contributed by atoms with Gasteiger partial charge >= 0.3 is 0 Å². The van der Waals surface area contributed by atoms with E-state index in [0.717, 1.165) is 55.7 Å². The number of nitrogens with two attached hydrogens (primary N) is 1. The molecule has 0 atom stereocenters. The van der Waals surface area contributed by atoms with Crippen molar-refractivity contribution >= 4 is 53.2 Å². The first-order chi connectivity index (χ1) is 20.3. The summed E-state index contributed by atoms with van der Waals surface area (Å²) < 4.78 is 12.4. The monoisotopic (exact) mass is 608 g/mol. The molecule has 3 aromatic rings. The second-order valence-corrected chi connectivity index (χ2v) is 11.3. The van der Waals surface area contributed by atoms with Gasteiger partial charge in [0.15, 0.2) is 0 Å². The molecular weight excluding hydrogens is 574 g/mol. The molecule has 0 unspecified atom stereocenters. The van der Waals surface area contributed by atoms with Crippen molar-refractivity contribution in [3.8, 4) is 0 Å². The molecule has 7 nitrogen and oxygen atoms in total. The molecule has 0 radical (unpaired) electrons. The molecule has 2 aliphatic heterocycles. The van der Waals surface area contributed by atoms with Crippen LogP contribution < -0.4 is 16.0 Å². The smallest absolute Gasteiger partial charge is 0.213 e. The van der Waals surface area contributed by atoms with Crippen LogP contribution in [0, 0.1) is 11.4 Å². The van der Waals surface area contributed by atoms with Crippen LogP contribution in [0.15, 0.2) is 67.0 Å². The molecule has 2 aliphatic rings. The molecule has 2 aromatic carbocycles. The normalized spacial score (nSPS) is 16.2. The minimum absolute atomic E-state index is 0.172. The fraction of sp³-hybridized carbons (Fsp3) is 0.281. The molecule has 0 bridgehead atoms. The highest BCUT2D eigenvalue weighted by molar-refractivity contribution is 6.42. The number of halogens is 3. The summed E-state index contributed by atoms with van der Waals surface area (Å²) >= 11 is 12.1. The Kier molecular flexibility index (Phi) is 10.7. The molecule has 3 heterocycles. The van der Waals surface area contributed by atoms with E-state index in [0.29, 0.717) is 28.6 Å². The van der Waals surface area contributed by atoms with Crippen LogP contribution in [0.4, 0.5) is 10.1 Å². The Morgan fingerprint density at radius 3 is 2.60 bits per heavy atom. The number of hydrogen-bond acceptors (Lipinski definition) is 6. The van der Waals surface area contributed by atoms with Crippen molar-refractivity contribution in [3.05, 3.63) is 105 Å². The lowest BCUT2D eigenvalue weighted by molar-refractivity contribution is -0.109. The zero-order valence-electron chi connectivity index (χ0n) is 23.5. The number of pyridine rings is 1. The molecule has 5 rings (SSSR count). The van der Waals surface area contributed by atoms with E-state index < -0.39 is 5.95 Å². The molecule has 42 heavy (non-hydrogen) atoms. The van der Waals surface area contributed by atoms with Gasteiger partial charge in [-0.1, -0.05) is 47.5 Å². The highest BCUT2D eigenvalue weighted by Gasteiger charge is 2.43. The SMILES string of the molecule is CN1CC2(CCN(C/C=C/c3ccc(Cl)c(Cl)c3)CC2)c2cc(/C(C=N)=C/N)ccc21.O=CNCc1ccnc(F)c1. The summed E-state index contributed by atoms with van der Waals surface area (Å²) in [5.41, 5.74) is 12.2. The van der Waals surface area contributed by atoms with E-state index in [2.05, 4.69) is 57.5 Å². The number of rotatable bonds is 8. The molecule has 1 spiro atoms. The zero-order chi connectivity index (χ0) is 30.1. The van der Waals surface area contributed by atoms with Gasteiger partial charge in [-0.3, -0.25) is 9.69 Å². The van der Waals surface area contributed by atoms with E-state index >= 15 is 0 Å². The topological polar surface area (TPSA) is 98.3 Å². The molecule has 1 fully saturated rings. The number of carbonyl (C=O) groups is 1. The fourth-order valence-electron chi connectivity index (χ4n) is 5.58. The molecule has 1 saturated heterocycles. The maximum absolute atomic E-state index is 12.4. The number of hydrogen-bond donors (Lipinski definition) is 3. The fourth-order valence-corrected chi connectivity index (χ4v) is 5.89. The van der Waals surface area contributed by atoms with Gasteiger partial charge in [-0.05, 0) is 84.6 Å². The quantitative estimate of drug-likeness (QED) is 0.168. The zero-order valence-corrected chi connectivity index (χ0v) is 25.0. The maximum atomic E-state index is 12.4. The lowest BCUT2D eigenvalue weighted by atomic mass is 9.73. The van der Waals surface area contributed by atoms with Crippen LogP contribution in [-0.2, 0) is 16.8 Å². The second kappa shape index (κ2) is 14.4. The third kappa shape index (κ3) is 7.56. The molecular formula is C32H35Cl2FN6O. The van der Waals surface area contributed by atoms with E-state index in [1.807, 2.05) is 18.2 Å². The molecule has 0 aliphatic carbocycles. The summed E-state index contributed by atoms with van der Waals surface area (Å²) in [4.78, 5) is 18.1. The summed E-state index contributed by atoms with van der Waals surface area (Å²) in [6.07, 6.45) is 11.3. The Balaban J connectivity index is 0.000000310. The Bertz CT molecular complexity index is 1470. The molecule has 10 heteroatoms. The number of benzene rings is 2. The van der Waals surface area contributed by atoms with Crippen molar-refractivity contribution in [3.63, 3.8) is 0 Å². The third-order valence-corrected chi connectivity index (χ3v) is 8.54. The second-order valence-electron chi connectivity index (χ2n) is 10.5. The summed E-state index contributed by atoms with van der Waals surface area (Å²) in [6.45, 7) is 4.43. The van der Waals surface area contributed by atoms with Crippen LogP contribution in [0.25, 0.3) is 11.6 Å². The summed E-state index contributed by atoms with van der Waals surface area (Å²) in [7, 11) is 2.18. The van der Waals surface area contributed by atoms with Crippen LogP contribution >= 0.6 is 23.2 Å². The van der Waals surface area contributed by atoms with Gasteiger partial charge < -0.3 is 21.4 Å². The number of nitrogens with zero attached hydrogens (tertiary/aromatic N) is 3. The Morgan fingerprint density at radius 2 is 1.93 bits per heavy atom. The summed E-state index contributed by atoms with van der Waals surface area (Å²) in [5, 5.41) is 11.2. The third-order valence-electron chi connectivity index (χ3n) is 7.80. The number of likely N-dealkylation sites (tertiary alicyclic amines) is 1. The molecule has 0 saturated carbocycles. The standard InChI is InChI=1S/C25H28Cl2N4.C7H7FN2O/c1-30-17-25(21-14-19(5-7-24(21)30)20(15-28)16-29)8-11-31(12-9-25)10-2-3-18-4-6-22(26)23(27)13-18;8-7-3-6(1-2-10-7)4-9-5-11/h2-7,13-16,28H,8-12,17,29H2,1H3;1-3,5H,4H2,(H,9,11)/b3-2+,20-16+,28-15?;. The number of likely N-dealkylation sites (N-methyl/N-ethyl adjacent to an activating group) is 1. The van der Waals surface area contributed by atoms with Gasteiger partial charge in [-0.15, -0.1) is 0 Å². The number of amides is 1. The van der Waals surface area contributed by atoms with Crippen LogP contribution in [0.1, 0.15) is 35.1 Å². The minimum Gasteiger partial charge on any atom is -0.404 e. The van der Waals surface area contributed by atoms with Gasteiger partial charge in [0, 0.05) is 62.0 Å². The lowest BCUT2D eigenvalue weighted by Crippen LogP contribution is -2.44. The van der Waals surface area contributed by atoms with Crippen LogP contribution in [0.5, 0.6) is 0 Å². The summed E-state index contributed by atoms with van der Waals surface area (Å²) in [6, 6.07) is 15.1. The minimum atomic E-state index is -0.532. The van der Waals surface area contributed by atoms with Gasteiger partial charge in [0.05, 0.1) is 10.0 Å². The van der Waals surface area contributed by atoms with E-state index in [4.69, 9.17) is 34.3 Å². The first kappa shape index (κ1) is 31.2. The molecule has 4 N–H and O–H groups in total. The summed E-state index contributed by atoms with van der Waals surface area (Å²) in [5.74, 6) is -0.532. The van der Waals surface area contributed by atoms with Gasteiger partial charge in [0.25, 0.3) is 0 Å². The van der Waals surface area contributed by atoms with Crippen LogP contribution in [-0.4, -0.2) is 55.7 Å². The van der Waals surface area contributed by atoms with Crippen molar-refractivity contribution in [2.75, 3.05) is 38.1 Å². The predicted octanol–water partition coefficient (Wildman–Crippen LogP) is 5.91. The molecule has 220 valence electrons. The first-order valence-electron chi connectivity index (χ1n) is 13.7. The van der Waals surface area contributed by atoms with Crippen molar-refractivity contribution in [2.45, 2.75) is 24.8 Å². The van der Waals surface area contributed by atoms with Crippen molar-refractivity contribution < 1.29 is 9.18 Å². The molecule has 1 amide bonds. The Labute approximate surface area is 256 Å². The van der Waals surface area contributed by atoms with Gasteiger partial charge in [0.1, 0.15) is 0 Å². The van der Waals surface area contributed by atoms with E-state index in [1.54, 1.807) is 6.07 Å². The van der Waals surface area contributed by atoms with Gasteiger partial charge in [0.2, 0.25) is 12.4 Å². The lowest BCUT2D eigenvalue weighted by Gasteiger charge is -2.39. The predicted molar refractivity (Wildman–Crippen MR) is 171 cm³/mol. The van der Waals surface area contributed by atoms with E-state index in [9.17, 15) is 9.18 Å². The van der Waals surface area contributed by atoms with Crippen molar-refractivity contribution in [1.82, 2.24) is 15.2 Å². The number of fused-ring (bicyclic) bond motifs is 2. The number of nitrogens with one attached hydrogen (secondary N) is 2. The van der Waals surface area contributed by atoms with E-state index in [1.165, 1.54) is 35.9 Å². The maximum Gasteiger partial charge on any atom is 0.213 e. The number of carbonyl (C=O) groups excluding carboxylic acids is 1. The highest BCUT2D eigenvalue weighted by Crippen LogP contribution is 2.47. The highest BCUT2D eigenvalue weighted by atomic mass is 35.5.